The van der Waals surface area contributed by atoms with Gasteiger partial charge >= 0.3 is 0 Å². The van der Waals surface area contributed by atoms with Crippen molar-refractivity contribution in [1.82, 2.24) is 9.55 Å². The summed E-state index contributed by atoms with van der Waals surface area (Å²) < 4.78 is 1.96. The predicted octanol–water partition coefficient (Wildman–Crippen LogP) is 3.36. The summed E-state index contributed by atoms with van der Waals surface area (Å²) in [6, 6.07) is 17.9. The average Bonchev–Trinajstić information content (AvgIpc) is 3.08. The zero-order valence-electron chi connectivity index (χ0n) is 11.4. The molecule has 4 nitrogen and oxygen atoms in total. The number of nitriles is 1. The molecule has 1 aromatic heterocycles. The van der Waals surface area contributed by atoms with Crippen LogP contribution < -0.4 is 5.32 Å². The molecule has 3 aromatic rings. The minimum Gasteiger partial charge on any atom is -0.381 e. The molecule has 0 unspecified atom stereocenters. The molecule has 21 heavy (non-hydrogen) atoms. The third kappa shape index (κ3) is 3.10. The highest BCUT2D eigenvalue weighted by Gasteiger charge is 1.99. The number of nitrogens with one attached hydrogen (secondary N) is 1. The summed E-state index contributed by atoms with van der Waals surface area (Å²) in [5.41, 5.74) is 3.86. The second-order valence-electron chi connectivity index (χ2n) is 4.69. The maximum Gasteiger partial charge on any atom is 0.0991 e. The molecule has 3 rings (SSSR count). The van der Waals surface area contributed by atoms with Crippen molar-refractivity contribution in [2.24, 2.45) is 0 Å². The van der Waals surface area contributed by atoms with Crippen LogP contribution in [0, 0.1) is 11.3 Å². The lowest BCUT2D eigenvalue weighted by atomic mass is 10.1. The third-order valence-electron chi connectivity index (χ3n) is 3.20. The molecule has 0 atom stereocenters. The first-order valence-corrected chi connectivity index (χ1v) is 6.66. The summed E-state index contributed by atoms with van der Waals surface area (Å²) in [6.07, 6.45) is 5.44. The van der Waals surface area contributed by atoms with E-state index in [9.17, 15) is 0 Å². The molecule has 0 fully saturated rings. The Bertz CT molecular complexity index is 769. The molecular formula is C17H14N4. The summed E-state index contributed by atoms with van der Waals surface area (Å²) in [5.74, 6) is 0. The maximum atomic E-state index is 8.91. The van der Waals surface area contributed by atoms with E-state index in [1.54, 1.807) is 12.5 Å². The highest BCUT2D eigenvalue weighted by atomic mass is 15.0. The molecule has 0 amide bonds. The molecule has 0 aliphatic carbocycles. The van der Waals surface area contributed by atoms with Gasteiger partial charge in [0.1, 0.15) is 0 Å². The van der Waals surface area contributed by atoms with Gasteiger partial charge in [0.2, 0.25) is 0 Å². The van der Waals surface area contributed by atoms with Gasteiger partial charge in [-0.3, -0.25) is 0 Å². The molecule has 0 aliphatic heterocycles. The predicted molar refractivity (Wildman–Crippen MR) is 82.0 cm³/mol. The Balaban J connectivity index is 1.73. The van der Waals surface area contributed by atoms with Crippen LogP contribution in [-0.2, 0) is 6.54 Å². The number of anilines is 1. The summed E-state index contributed by atoms with van der Waals surface area (Å²) in [7, 11) is 0. The molecule has 1 N–H and O–H groups in total. The highest BCUT2D eigenvalue weighted by Crippen LogP contribution is 2.15. The lowest BCUT2D eigenvalue weighted by Crippen LogP contribution is -2.00. The Morgan fingerprint density at radius 1 is 1.14 bits per heavy atom. The monoisotopic (exact) mass is 274 g/mol. The fraction of sp³-hybridized carbons (Fsp3) is 0.0588. The first kappa shape index (κ1) is 12.9. The van der Waals surface area contributed by atoms with E-state index in [1.807, 2.05) is 53.2 Å². The van der Waals surface area contributed by atoms with Gasteiger partial charge in [0.05, 0.1) is 18.0 Å². The largest absolute Gasteiger partial charge is 0.381 e. The van der Waals surface area contributed by atoms with Crippen LogP contribution in [0.4, 0.5) is 5.69 Å². The topological polar surface area (TPSA) is 53.6 Å². The Hall–Kier alpha value is -3.06. The van der Waals surface area contributed by atoms with Gasteiger partial charge in [-0.15, -0.1) is 0 Å². The Morgan fingerprint density at radius 3 is 2.86 bits per heavy atom. The fourth-order valence-corrected chi connectivity index (χ4v) is 2.14. The fourth-order valence-electron chi connectivity index (χ4n) is 2.14. The number of aromatic nitrogens is 2. The average molecular weight is 274 g/mol. The summed E-state index contributed by atoms with van der Waals surface area (Å²) in [6.45, 7) is 0.683. The van der Waals surface area contributed by atoms with Gasteiger partial charge < -0.3 is 9.88 Å². The van der Waals surface area contributed by atoms with Gasteiger partial charge in [-0.2, -0.15) is 5.26 Å². The number of rotatable bonds is 4. The molecule has 0 spiro atoms. The highest BCUT2D eigenvalue weighted by molar-refractivity contribution is 5.51. The number of imidazole rings is 1. The smallest absolute Gasteiger partial charge is 0.0991 e. The molecule has 0 bridgehead atoms. The van der Waals surface area contributed by atoms with Crippen molar-refractivity contribution in [3.05, 3.63) is 78.4 Å². The van der Waals surface area contributed by atoms with E-state index in [-0.39, 0.29) is 0 Å². The van der Waals surface area contributed by atoms with Crippen molar-refractivity contribution in [2.45, 2.75) is 6.54 Å². The number of hydrogen-bond acceptors (Lipinski definition) is 3. The van der Waals surface area contributed by atoms with E-state index in [1.165, 1.54) is 0 Å². The number of nitrogens with zero attached hydrogens (tertiary/aromatic N) is 3. The zero-order valence-corrected chi connectivity index (χ0v) is 11.4. The van der Waals surface area contributed by atoms with E-state index < -0.39 is 0 Å². The minimum atomic E-state index is 0.682. The number of hydrogen-bond donors (Lipinski definition) is 1. The van der Waals surface area contributed by atoms with Gasteiger partial charge in [0, 0.05) is 30.3 Å². The minimum absolute atomic E-state index is 0.682. The van der Waals surface area contributed by atoms with Crippen LogP contribution in [0.2, 0.25) is 0 Å². The van der Waals surface area contributed by atoms with Crippen molar-refractivity contribution >= 4 is 5.69 Å². The molecule has 0 aliphatic rings. The summed E-state index contributed by atoms with van der Waals surface area (Å²) >= 11 is 0. The number of benzene rings is 2. The summed E-state index contributed by atoms with van der Waals surface area (Å²) in [5, 5.41) is 12.3. The molecule has 2 aromatic carbocycles. The molecular weight excluding hydrogens is 260 g/mol. The van der Waals surface area contributed by atoms with Gasteiger partial charge in [-0.1, -0.05) is 18.2 Å². The van der Waals surface area contributed by atoms with Crippen molar-refractivity contribution in [3.63, 3.8) is 0 Å². The molecule has 0 saturated carbocycles. The Kier molecular flexibility index (Phi) is 3.66. The zero-order chi connectivity index (χ0) is 14.5. The Labute approximate surface area is 123 Å². The van der Waals surface area contributed by atoms with Crippen LogP contribution in [0.15, 0.2) is 67.3 Å². The molecule has 4 heteroatoms. The van der Waals surface area contributed by atoms with E-state index in [0.29, 0.717) is 12.1 Å². The van der Waals surface area contributed by atoms with Gasteiger partial charge in [-0.05, 0) is 35.9 Å². The van der Waals surface area contributed by atoms with Crippen LogP contribution in [0.5, 0.6) is 0 Å². The second kappa shape index (κ2) is 5.93. The first-order chi connectivity index (χ1) is 10.3. The molecule has 0 radical (unpaired) electrons. The van der Waals surface area contributed by atoms with Crippen LogP contribution in [0.1, 0.15) is 11.1 Å². The standard InChI is InChI=1S/C17H14N4/c18-11-14-3-1-4-15(9-14)12-20-16-5-2-6-17(10-16)21-8-7-19-13-21/h1-10,13,20H,12H2. The van der Waals surface area contributed by atoms with Crippen molar-refractivity contribution < 1.29 is 0 Å². The van der Waals surface area contributed by atoms with Gasteiger partial charge in [0.25, 0.3) is 0 Å². The maximum absolute atomic E-state index is 8.91. The summed E-state index contributed by atoms with van der Waals surface area (Å²) in [4.78, 5) is 4.05. The SMILES string of the molecule is N#Cc1cccc(CNc2cccc(-n3ccnc3)c2)c1. The van der Waals surface area contributed by atoms with Crippen molar-refractivity contribution in [3.8, 4) is 11.8 Å². The normalized spacial score (nSPS) is 10.0. The van der Waals surface area contributed by atoms with Crippen LogP contribution in [-0.4, -0.2) is 9.55 Å². The molecule has 0 saturated heterocycles. The van der Waals surface area contributed by atoms with Crippen LogP contribution >= 0.6 is 0 Å². The molecule has 102 valence electrons. The Morgan fingerprint density at radius 2 is 2.05 bits per heavy atom. The van der Waals surface area contributed by atoms with Gasteiger partial charge in [0.15, 0.2) is 0 Å². The van der Waals surface area contributed by atoms with E-state index >= 15 is 0 Å². The van der Waals surface area contributed by atoms with E-state index in [4.69, 9.17) is 5.26 Å². The van der Waals surface area contributed by atoms with E-state index in [2.05, 4.69) is 22.4 Å². The first-order valence-electron chi connectivity index (χ1n) is 6.66. The second-order valence-corrected chi connectivity index (χ2v) is 4.69. The molecule has 1 heterocycles. The van der Waals surface area contributed by atoms with Gasteiger partial charge in [-0.25, -0.2) is 4.98 Å². The van der Waals surface area contributed by atoms with Crippen LogP contribution in [0.25, 0.3) is 5.69 Å². The lowest BCUT2D eigenvalue weighted by Gasteiger charge is -2.09. The van der Waals surface area contributed by atoms with Crippen LogP contribution in [0.3, 0.4) is 0 Å². The quantitative estimate of drug-likeness (QED) is 0.793. The van der Waals surface area contributed by atoms with Crippen molar-refractivity contribution in [1.29, 1.82) is 5.26 Å². The van der Waals surface area contributed by atoms with E-state index in [0.717, 1.165) is 16.9 Å². The lowest BCUT2D eigenvalue weighted by molar-refractivity contribution is 1.05. The third-order valence-corrected chi connectivity index (χ3v) is 3.20. The van der Waals surface area contributed by atoms with Crippen molar-refractivity contribution in [2.75, 3.05) is 5.32 Å².